The van der Waals surface area contributed by atoms with Crippen molar-refractivity contribution in [2.45, 2.75) is 32.1 Å². The van der Waals surface area contributed by atoms with Crippen LogP contribution < -0.4 is 5.32 Å². The lowest BCUT2D eigenvalue weighted by atomic mass is 9.58. The summed E-state index contributed by atoms with van der Waals surface area (Å²) in [6.45, 7) is 5.13. The van der Waals surface area contributed by atoms with Crippen LogP contribution in [0.5, 0.6) is 0 Å². The molecule has 5 nitrogen and oxygen atoms in total. The van der Waals surface area contributed by atoms with Crippen molar-refractivity contribution in [3.05, 3.63) is 35.0 Å². The fraction of sp³-hybridized carbons (Fsp3) is 0.533. The predicted molar refractivity (Wildman–Crippen MR) is 83.6 cm³/mol. The van der Waals surface area contributed by atoms with E-state index in [1.807, 2.05) is 24.6 Å². The van der Waals surface area contributed by atoms with Gasteiger partial charge in [-0.1, -0.05) is 18.5 Å². The molecule has 1 aliphatic rings. The quantitative estimate of drug-likeness (QED) is 0.882. The Hall–Kier alpha value is -1.62. The number of anilines is 1. The first-order chi connectivity index (χ1) is 10.0. The summed E-state index contributed by atoms with van der Waals surface area (Å²) in [5.74, 6) is 2.50. The summed E-state index contributed by atoms with van der Waals surface area (Å²) >= 11 is 6.22. The summed E-state index contributed by atoms with van der Waals surface area (Å²) < 4.78 is 2.01. The van der Waals surface area contributed by atoms with Gasteiger partial charge in [0.05, 0.1) is 5.41 Å². The van der Waals surface area contributed by atoms with Crippen LogP contribution in [0.2, 0.25) is 5.15 Å². The molecule has 0 spiro atoms. The molecular formula is C15H20ClN5. The minimum absolute atomic E-state index is 0.0958. The van der Waals surface area contributed by atoms with Gasteiger partial charge < -0.3 is 9.88 Å². The lowest BCUT2D eigenvalue weighted by molar-refractivity contribution is 0.185. The van der Waals surface area contributed by atoms with Crippen molar-refractivity contribution in [3.63, 3.8) is 0 Å². The highest BCUT2D eigenvalue weighted by atomic mass is 35.5. The van der Waals surface area contributed by atoms with Gasteiger partial charge >= 0.3 is 0 Å². The number of aromatic nitrogens is 4. The lowest BCUT2D eigenvalue weighted by Gasteiger charge is -2.46. The topological polar surface area (TPSA) is 55.6 Å². The van der Waals surface area contributed by atoms with Gasteiger partial charge in [-0.15, -0.1) is 10.2 Å². The molecule has 0 amide bonds. The first kappa shape index (κ1) is 14.3. The Kier molecular flexibility index (Phi) is 3.61. The third kappa shape index (κ3) is 2.39. The largest absolute Gasteiger partial charge is 0.370 e. The Morgan fingerprint density at radius 3 is 2.76 bits per heavy atom. The Morgan fingerprint density at radius 1 is 1.43 bits per heavy atom. The Bertz CT molecular complexity index is 645. The van der Waals surface area contributed by atoms with E-state index in [2.05, 4.69) is 33.5 Å². The van der Waals surface area contributed by atoms with Crippen LogP contribution in [0, 0.1) is 5.92 Å². The average molecular weight is 306 g/mol. The Balaban J connectivity index is 2.08. The summed E-state index contributed by atoms with van der Waals surface area (Å²) in [5, 5.41) is 12.2. The molecular weight excluding hydrogens is 286 g/mol. The second-order valence-electron chi connectivity index (χ2n) is 5.96. The van der Waals surface area contributed by atoms with E-state index in [4.69, 9.17) is 11.6 Å². The Morgan fingerprint density at radius 2 is 2.19 bits per heavy atom. The van der Waals surface area contributed by atoms with Crippen molar-refractivity contribution in [1.29, 1.82) is 0 Å². The standard InChI is InChI=1S/C15H20ClN5/c1-4-17-13-6-11(5-12(16)19-13)15(7-10(2)8-15)14-20-18-9-21(14)3/h5-6,9-10H,4,7-8H2,1-3H3,(H,17,19)/t10-,15+. The molecule has 1 fully saturated rings. The van der Waals surface area contributed by atoms with E-state index in [9.17, 15) is 0 Å². The van der Waals surface area contributed by atoms with E-state index in [1.165, 1.54) is 5.56 Å². The number of rotatable bonds is 4. The van der Waals surface area contributed by atoms with Crippen molar-refractivity contribution in [1.82, 2.24) is 19.7 Å². The molecule has 112 valence electrons. The maximum Gasteiger partial charge on any atom is 0.143 e. The van der Waals surface area contributed by atoms with Gasteiger partial charge in [0.1, 0.15) is 23.1 Å². The summed E-state index contributed by atoms with van der Waals surface area (Å²) in [7, 11) is 1.99. The monoisotopic (exact) mass is 305 g/mol. The summed E-state index contributed by atoms with van der Waals surface area (Å²) in [5.41, 5.74) is 1.08. The van der Waals surface area contributed by atoms with E-state index < -0.39 is 0 Å². The van der Waals surface area contributed by atoms with Crippen molar-refractivity contribution in [3.8, 4) is 0 Å². The number of hydrogen-bond donors (Lipinski definition) is 1. The summed E-state index contributed by atoms with van der Waals surface area (Å²) in [6.07, 6.45) is 3.88. The summed E-state index contributed by atoms with van der Waals surface area (Å²) in [4.78, 5) is 4.33. The molecule has 0 unspecified atom stereocenters. The maximum absolute atomic E-state index is 6.22. The van der Waals surface area contributed by atoms with E-state index in [0.717, 1.165) is 31.0 Å². The van der Waals surface area contributed by atoms with Gasteiger partial charge in [-0.25, -0.2) is 4.98 Å². The van der Waals surface area contributed by atoms with Gasteiger partial charge in [0.15, 0.2) is 0 Å². The molecule has 2 aromatic heterocycles. The molecule has 1 saturated carbocycles. The van der Waals surface area contributed by atoms with Crippen molar-refractivity contribution < 1.29 is 0 Å². The lowest BCUT2D eigenvalue weighted by Crippen LogP contribution is -2.43. The van der Waals surface area contributed by atoms with Crippen molar-refractivity contribution in [2.24, 2.45) is 13.0 Å². The molecule has 0 aromatic carbocycles. The molecule has 0 aliphatic heterocycles. The van der Waals surface area contributed by atoms with Gasteiger partial charge in [0.25, 0.3) is 0 Å². The van der Waals surface area contributed by atoms with Gasteiger partial charge in [0.2, 0.25) is 0 Å². The van der Waals surface area contributed by atoms with Gasteiger partial charge in [-0.05, 0) is 43.4 Å². The highest BCUT2D eigenvalue weighted by Crippen LogP contribution is 2.51. The molecule has 2 heterocycles. The molecule has 0 radical (unpaired) electrons. The molecule has 0 saturated heterocycles. The molecule has 21 heavy (non-hydrogen) atoms. The number of nitrogens with zero attached hydrogens (tertiary/aromatic N) is 4. The molecule has 6 heteroatoms. The normalized spacial score (nSPS) is 24.7. The van der Waals surface area contributed by atoms with Crippen LogP contribution in [0.1, 0.15) is 38.1 Å². The minimum atomic E-state index is -0.0958. The van der Waals surface area contributed by atoms with Crippen molar-refractivity contribution in [2.75, 3.05) is 11.9 Å². The molecule has 0 atom stereocenters. The highest BCUT2D eigenvalue weighted by Gasteiger charge is 2.48. The van der Waals surface area contributed by atoms with Crippen LogP contribution in [-0.4, -0.2) is 26.3 Å². The molecule has 3 rings (SSSR count). The number of pyridine rings is 1. The maximum atomic E-state index is 6.22. The van der Waals surface area contributed by atoms with Crippen LogP contribution in [-0.2, 0) is 12.5 Å². The predicted octanol–water partition coefficient (Wildman–Crippen LogP) is 3.01. The van der Waals surface area contributed by atoms with Gasteiger partial charge in [0, 0.05) is 13.6 Å². The number of hydrogen-bond acceptors (Lipinski definition) is 4. The molecule has 0 bridgehead atoms. The first-order valence-corrected chi connectivity index (χ1v) is 7.69. The van der Waals surface area contributed by atoms with Crippen LogP contribution in [0.3, 0.4) is 0 Å². The Labute approximate surface area is 129 Å². The molecule has 1 N–H and O–H groups in total. The fourth-order valence-corrected chi connectivity index (χ4v) is 3.65. The summed E-state index contributed by atoms with van der Waals surface area (Å²) in [6, 6.07) is 4.05. The number of nitrogens with one attached hydrogen (secondary N) is 1. The minimum Gasteiger partial charge on any atom is -0.370 e. The van der Waals surface area contributed by atoms with Crippen LogP contribution in [0.4, 0.5) is 5.82 Å². The third-order valence-electron chi connectivity index (χ3n) is 4.24. The molecule has 1 aliphatic carbocycles. The van der Waals surface area contributed by atoms with Gasteiger partial charge in [-0.3, -0.25) is 0 Å². The van der Waals surface area contributed by atoms with E-state index in [-0.39, 0.29) is 5.41 Å². The van der Waals surface area contributed by atoms with E-state index in [0.29, 0.717) is 11.1 Å². The third-order valence-corrected chi connectivity index (χ3v) is 4.43. The first-order valence-electron chi connectivity index (χ1n) is 7.31. The van der Waals surface area contributed by atoms with Gasteiger partial charge in [-0.2, -0.15) is 0 Å². The number of halogens is 1. The van der Waals surface area contributed by atoms with Crippen LogP contribution in [0.15, 0.2) is 18.5 Å². The van der Waals surface area contributed by atoms with E-state index >= 15 is 0 Å². The van der Waals surface area contributed by atoms with Crippen LogP contribution in [0.25, 0.3) is 0 Å². The zero-order valence-corrected chi connectivity index (χ0v) is 13.4. The molecule has 2 aromatic rings. The SMILES string of the molecule is CCNc1cc([C@]2(c3nncn3C)C[C@@H](C)C2)cc(Cl)n1. The fourth-order valence-electron chi connectivity index (χ4n) is 3.44. The van der Waals surface area contributed by atoms with E-state index in [1.54, 1.807) is 6.33 Å². The zero-order valence-electron chi connectivity index (χ0n) is 12.6. The second kappa shape index (κ2) is 5.30. The van der Waals surface area contributed by atoms with Crippen LogP contribution >= 0.6 is 11.6 Å². The average Bonchev–Trinajstić information content (AvgIpc) is 2.81. The second-order valence-corrected chi connectivity index (χ2v) is 6.34. The smallest absolute Gasteiger partial charge is 0.143 e. The highest BCUT2D eigenvalue weighted by molar-refractivity contribution is 6.29. The van der Waals surface area contributed by atoms with Crippen molar-refractivity contribution >= 4 is 17.4 Å². The zero-order chi connectivity index (χ0) is 15.0. The number of aryl methyl sites for hydroxylation is 1.